The summed E-state index contributed by atoms with van der Waals surface area (Å²) in [5.74, 6) is -1.06. The lowest BCUT2D eigenvalue weighted by atomic mass is 9.98. The monoisotopic (exact) mass is 295 g/mol. The van der Waals surface area contributed by atoms with Gasteiger partial charge in [0.15, 0.2) is 0 Å². The molecule has 0 aliphatic rings. The van der Waals surface area contributed by atoms with Crippen LogP contribution in [0, 0.1) is 11.6 Å². The van der Waals surface area contributed by atoms with E-state index in [0.717, 1.165) is 5.56 Å². The third-order valence-corrected chi connectivity index (χ3v) is 3.36. The number of hydrogen-bond acceptors (Lipinski definition) is 1. The molecule has 0 aliphatic carbocycles. The van der Waals surface area contributed by atoms with Gasteiger partial charge in [-0.05, 0) is 42.8 Å². The minimum Gasteiger partial charge on any atom is -0.310 e. The van der Waals surface area contributed by atoms with Crippen LogP contribution in [0.1, 0.15) is 24.1 Å². The molecule has 2 aromatic rings. The Morgan fingerprint density at radius 1 is 1.10 bits per heavy atom. The molecule has 2 rings (SSSR count). The average molecular weight is 296 g/mol. The number of benzene rings is 2. The second-order valence-corrected chi connectivity index (χ2v) is 5.02. The van der Waals surface area contributed by atoms with E-state index in [2.05, 4.69) is 5.32 Å². The van der Waals surface area contributed by atoms with Gasteiger partial charge in [-0.25, -0.2) is 8.78 Å². The minimum absolute atomic E-state index is 0.0781. The molecule has 2 aromatic carbocycles. The third kappa shape index (κ3) is 3.56. The standard InChI is InChI=1S/C16H16ClF2N/c1-2-20-15(10-11-5-3-6-12(17)9-11)16-13(18)7-4-8-14(16)19/h3-9,15,20H,2,10H2,1H3. The predicted molar refractivity (Wildman–Crippen MR) is 77.9 cm³/mol. The van der Waals surface area contributed by atoms with Crippen molar-refractivity contribution < 1.29 is 8.78 Å². The fourth-order valence-electron chi connectivity index (χ4n) is 2.27. The lowest BCUT2D eigenvalue weighted by Crippen LogP contribution is -2.25. The molecule has 0 radical (unpaired) electrons. The molecule has 0 aliphatic heterocycles. The van der Waals surface area contributed by atoms with Gasteiger partial charge >= 0.3 is 0 Å². The Labute approximate surface area is 122 Å². The van der Waals surface area contributed by atoms with Crippen molar-refractivity contribution in [2.24, 2.45) is 0 Å². The van der Waals surface area contributed by atoms with Crippen LogP contribution in [-0.2, 0) is 6.42 Å². The zero-order valence-electron chi connectivity index (χ0n) is 11.2. The average Bonchev–Trinajstić information content (AvgIpc) is 2.38. The van der Waals surface area contributed by atoms with Crippen molar-refractivity contribution in [2.45, 2.75) is 19.4 Å². The summed E-state index contributed by atoms with van der Waals surface area (Å²) in [6.07, 6.45) is 0.478. The van der Waals surface area contributed by atoms with Crippen molar-refractivity contribution in [3.63, 3.8) is 0 Å². The van der Waals surface area contributed by atoms with E-state index in [1.807, 2.05) is 25.1 Å². The van der Waals surface area contributed by atoms with Crippen LogP contribution in [-0.4, -0.2) is 6.54 Å². The number of halogens is 3. The summed E-state index contributed by atoms with van der Waals surface area (Å²) < 4.78 is 27.8. The van der Waals surface area contributed by atoms with Crippen molar-refractivity contribution in [1.29, 1.82) is 0 Å². The highest BCUT2D eigenvalue weighted by molar-refractivity contribution is 6.30. The fraction of sp³-hybridized carbons (Fsp3) is 0.250. The Hall–Kier alpha value is -1.45. The van der Waals surface area contributed by atoms with E-state index in [4.69, 9.17) is 11.6 Å². The second kappa shape index (κ2) is 6.82. The van der Waals surface area contributed by atoms with Gasteiger partial charge in [0.2, 0.25) is 0 Å². The van der Waals surface area contributed by atoms with Crippen molar-refractivity contribution in [3.05, 3.63) is 70.2 Å². The summed E-state index contributed by atoms with van der Waals surface area (Å²) in [5.41, 5.74) is 1.01. The Morgan fingerprint density at radius 2 is 1.75 bits per heavy atom. The normalized spacial score (nSPS) is 12.4. The van der Waals surface area contributed by atoms with Crippen molar-refractivity contribution >= 4 is 11.6 Å². The molecule has 20 heavy (non-hydrogen) atoms. The van der Waals surface area contributed by atoms with E-state index in [0.29, 0.717) is 18.0 Å². The summed E-state index contributed by atoms with van der Waals surface area (Å²) in [6.45, 7) is 2.53. The van der Waals surface area contributed by atoms with E-state index < -0.39 is 17.7 Å². The van der Waals surface area contributed by atoms with Gasteiger partial charge in [0.1, 0.15) is 11.6 Å². The Bertz CT molecular complexity index is 566. The lowest BCUT2D eigenvalue weighted by Gasteiger charge is -2.20. The number of rotatable bonds is 5. The molecule has 0 amide bonds. The Kier molecular flexibility index (Phi) is 5.10. The molecule has 1 unspecified atom stereocenters. The molecule has 4 heteroatoms. The third-order valence-electron chi connectivity index (χ3n) is 3.13. The van der Waals surface area contributed by atoms with Crippen LogP contribution in [0.4, 0.5) is 8.78 Å². The summed E-state index contributed by atoms with van der Waals surface area (Å²) in [6, 6.07) is 10.8. The summed E-state index contributed by atoms with van der Waals surface area (Å²) >= 11 is 5.95. The molecule has 0 fully saturated rings. The van der Waals surface area contributed by atoms with Crippen LogP contribution in [0.15, 0.2) is 42.5 Å². The van der Waals surface area contributed by atoms with Gasteiger partial charge in [0.25, 0.3) is 0 Å². The van der Waals surface area contributed by atoms with E-state index in [1.165, 1.54) is 18.2 Å². The molecule has 0 saturated carbocycles. The van der Waals surface area contributed by atoms with E-state index >= 15 is 0 Å². The Morgan fingerprint density at radius 3 is 2.35 bits per heavy atom. The van der Waals surface area contributed by atoms with Crippen LogP contribution in [0.3, 0.4) is 0 Å². The zero-order valence-corrected chi connectivity index (χ0v) is 11.9. The maximum Gasteiger partial charge on any atom is 0.130 e. The maximum absolute atomic E-state index is 13.9. The number of likely N-dealkylation sites (N-methyl/N-ethyl adjacent to an activating group) is 1. The first-order chi connectivity index (χ1) is 9.61. The van der Waals surface area contributed by atoms with Crippen LogP contribution < -0.4 is 5.32 Å². The van der Waals surface area contributed by atoms with Crippen molar-refractivity contribution in [1.82, 2.24) is 5.32 Å². The summed E-state index contributed by atoms with van der Waals surface area (Å²) in [4.78, 5) is 0. The second-order valence-electron chi connectivity index (χ2n) is 4.58. The van der Waals surface area contributed by atoms with Gasteiger partial charge < -0.3 is 5.32 Å². The lowest BCUT2D eigenvalue weighted by molar-refractivity contribution is 0.473. The van der Waals surface area contributed by atoms with Gasteiger partial charge in [-0.3, -0.25) is 0 Å². The molecule has 0 spiro atoms. The Balaban J connectivity index is 2.32. The minimum atomic E-state index is -0.530. The molecule has 0 aromatic heterocycles. The molecule has 0 bridgehead atoms. The van der Waals surface area contributed by atoms with E-state index in [9.17, 15) is 8.78 Å². The smallest absolute Gasteiger partial charge is 0.130 e. The van der Waals surface area contributed by atoms with Gasteiger partial charge in [0, 0.05) is 16.6 Å². The van der Waals surface area contributed by atoms with Crippen LogP contribution in [0.5, 0.6) is 0 Å². The molecule has 106 valence electrons. The van der Waals surface area contributed by atoms with Crippen LogP contribution in [0.25, 0.3) is 0 Å². The summed E-state index contributed by atoms with van der Waals surface area (Å²) in [5, 5.41) is 3.74. The molecule has 1 N–H and O–H groups in total. The largest absolute Gasteiger partial charge is 0.310 e. The number of nitrogens with one attached hydrogen (secondary N) is 1. The van der Waals surface area contributed by atoms with Crippen LogP contribution >= 0.6 is 11.6 Å². The van der Waals surface area contributed by atoms with E-state index in [-0.39, 0.29) is 5.56 Å². The van der Waals surface area contributed by atoms with Crippen LogP contribution in [0.2, 0.25) is 5.02 Å². The van der Waals surface area contributed by atoms with Gasteiger partial charge in [-0.15, -0.1) is 0 Å². The maximum atomic E-state index is 13.9. The highest BCUT2D eigenvalue weighted by Gasteiger charge is 2.19. The molecule has 0 saturated heterocycles. The predicted octanol–water partition coefficient (Wildman–Crippen LogP) is 4.51. The fourth-order valence-corrected chi connectivity index (χ4v) is 2.48. The number of hydrogen-bond donors (Lipinski definition) is 1. The highest BCUT2D eigenvalue weighted by Crippen LogP contribution is 2.25. The molecule has 0 heterocycles. The molecule has 1 atom stereocenters. The quantitative estimate of drug-likeness (QED) is 0.855. The van der Waals surface area contributed by atoms with E-state index in [1.54, 1.807) is 6.07 Å². The van der Waals surface area contributed by atoms with Gasteiger partial charge in [-0.2, -0.15) is 0 Å². The molecular formula is C16H16ClF2N. The van der Waals surface area contributed by atoms with Gasteiger partial charge in [-0.1, -0.05) is 36.7 Å². The van der Waals surface area contributed by atoms with Crippen molar-refractivity contribution in [2.75, 3.05) is 6.54 Å². The van der Waals surface area contributed by atoms with Crippen molar-refractivity contribution in [3.8, 4) is 0 Å². The zero-order chi connectivity index (χ0) is 14.5. The summed E-state index contributed by atoms with van der Waals surface area (Å²) in [7, 11) is 0. The first kappa shape index (κ1) is 14.9. The highest BCUT2D eigenvalue weighted by atomic mass is 35.5. The molecule has 1 nitrogen and oxygen atoms in total. The first-order valence-corrected chi connectivity index (χ1v) is 6.91. The van der Waals surface area contributed by atoms with Gasteiger partial charge in [0.05, 0.1) is 0 Å². The first-order valence-electron chi connectivity index (χ1n) is 6.53. The SMILES string of the molecule is CCNC(Cc1cccc(Cl)c1)c1c(F)cccc1F. The topological polar surface area (TPSA) is 12.0 Å². The molecular weight excluding hydrogens is 280 g/mol.